The molecular formula is C14H17NO2. The first-order valence-electron chi connectivity index (χ1n) is 6.04. The van der Waals surface area contributed by atoms with Crippen molar-refractivity contribution in [2.75, 3.05) is 7.11 Å². The van der Waals surface area contributed by atoms with Gasteiger partial charge in [0.15, 0.2) is 0 Å². The third-order valence-electron chi connectivity index (χ3n) is 3.22. The minimum Gasteiger partial charge on any atom is -0.497 e. The van der Waals surface area contributed by atoms with Crippen molar-refractivity contribution in [3.63, 3.8) is 0 Å². The molecule has 0 amide bonds. The molecule has 0 radical (unpaired) electrons. The molecule has 0 spiro atoms. The van der Waals surface area contributed by atoms with Crippen LogP contribution in [0.2, 0.25) is 0 Å². The first-order chi connectivity index (χ1) is 8.33. The molecule has 3 nitrogen and oxygen atoms in total. The van der Waals surface area contributed by atoms with Crippen molar-refractivity contribution in [3.05, 3.63) is 24.3 Å². The van der Waals surface area contributed by atoms with E-state index in [0.717, 1.165) is 37.2 Å². The maximum Gasteiger partial charge on any atom is 0.120 e. The quantitative estimate of drug-likeness (QED) is 0.802. The largest absolute Gasteiger partial charge is 0.497 e. The van der Waals surface area contributed by atoms with Gasteiger partial charge in [0.25, 0.3) is 0 Å². The second-order valence-corrected chi connectivity index (χ2v) is 4.35. The minimum absolute atomic E-state index is 0.0332. The highest BCUT2D eigenvalue weighted by molar-refractivity contribution is 5.31. The van der Waals surface area contributed by atoms with Crippen LogP contribution in [0.25, 0.3) is 0 Å². The van der Waals surface area contributed by atoms with Crippen molar-refractivity contribution in [1.82, 2.24) is 0 Å². The summed E-state index contributed by atoms with van der Waals surface area (Å²) in [5, 5.41) is 9.07. The number of benzene rings is 1. The molecule has 0 saturated heterocycles. The molecule has 0 N–H and O–H groups in total. The van der Waals surface area contributed by atoms with Crippen LogP contribution in [-0.2, 0) is 0 Å². The molecule has 0 bridgehead atoms. The van der Waals surface area contributed by atoms with Gasteiger partial charge in [0, 0.05) is 0 Å². The lowest BCUT2D eigenvalue weighted by Gasteiger charge is -2.27. The molecule has 0 aliphatic heterocycles. The van der Waals surface area contributed by atoms with Crippen molar-refractivity contribution in [2.45, 2.75) is 31.8 Å². The van der Waals surface area contributed by atoms with Crippen molar-refractivity contribution in [2.24, 2.45) is 5.92 Å². The summed E-state index contributed by atoms with van der Waals surface area (Å²) in [6, 6.07) is 9.88. The molecule has 1 aliphatic carbocycles. The molecular weight excluding hydrogens is 214 g/mol. The van der Waals surface area contributed by atoms with Gasteiger partial charge < -0.3 is 9.47 Å². The van der Waals surface area contributed by atoms with Gasteiger partial charge in [-0.05, 0) is 43.5 Å². The molecule has 1 aromatic carbocycles. The Labute approximate surface area is 102 Å². The van der Waals surface area contributed by atoms with E-state index in [-0.39, 0.29) is 12.0 Å². The highest BCUT2D eigenvalue weighted by Gasteiger charge is 2.26. The fourth-order valence-corrected chi connectivity index (χ4v) is 2.21. The molecule has 1 aliphatic rings. The lowest BCUT2D eigenvalue weighted by molar-refractivity contribution is 0.120. The lowest BCUT2D eigenvalue weighted by atomic mass is 9.87. The number of ether oxygens (including phenoxy) is 2. The summed E-state index contributed by atoms with van der Waals surface area (Å²) in [5.41, 5.74) is 0. The molecule has 2 unspecified atom stereocenters. The van der Waals surface area contributed by atoms with Gasteiger partial charge in [-0.2, -0.15) is 5.26 Å². The third kappa shape index (κ3) is 2.91. The summed E-state index contributed by atoms with van der Waals surface area (Å²) < 4.78 is 11.0. The molecule has 0 aromatic heterocycles. The van der Waals surface area contributed by atoms with Crippen LogP contribution in [0.4, 0.5) is 0 Å². The van der Waals surface area contributed by atoms with Gasteiger partial charge in [0.1, 0.15) is 17.6 Å². The monoisotopic (exact) mass is 231 g/mol. The van der Waals surface area contributed by atoms with Gasteiger partial charge in [-0.1, -0.05) is 6.42 Å². The Balaban J connectivity index is 2.01. The Morgan fingerprint density at radius 1 is 1.12 bits per heavy atom. The summed E-state index contributed by atoms with van der Waals surface area (Å²) in [5.74, 6) is 1.67. The van der Waals surface area contributed by atoms with Crippen LogP contribution in [0.15, 0.2) is 24.3 Å². The molecule has 2 atom stereocenters. The minimum atomic E-state index is 0.0332. The van der Waals surface area contributed by atoms with E-state index in [4.69, 9.17) is 14.7 Å². The molecule has 1 fully saturated rings. The van der Waals surface area contributed by atoms with E-state index in [2.05, 4.69) is 6.07 Å². The molecule has 1 saturated carbocycles. The van der Waals surface area contributed by atoms with E-state index in [0.29, 0.717) is 0 Å². The van der Waals surface area contributed by atoms with Crippen LogP contribution < -0.4 is 9.47 Å². The predicted molar refractivity (Wildman–Crippen MR) is 65.0 cm³/mol. The van der Waals surface area contributed by atoms with Crippen LogP contribution in [0, 0.1) is 17.2 Å². The van der Waals surface area contributed by atoms with E-state index >= 15 is 0 Å². The second-order valence-electron chi connectivity index (χ2n) is 4.35. The summed E-state index contributed by atoms with van der Waals surface area (Å²) >= 11 is 0. The number of nitriles is 1. The Morgan fingerprint density at radius 2 is 1.76 bits per heavy atom. The summed E-state index contributed by atoms with van der Waals surface area (Å²) in [4.78, 5) is 0. The van der Waals surface area contributed by atoms with Gasteiger partial charge in [0.05, 0.1) is 19.1 Å². The molecule has 17 heavy (non-hydrogen) atoms. The summed E-state index contributed by atoms with van der Waals surface area (Å²) in [6.45, 7) is 0. The molecule has 3 heteroatoms. The zero-order valence-electron chi connectivity index (χ0n) is 10.1. The highest BCUT2D eigenvalue weighted by Crippen LogP contribution is 2.28. The number of methoxy groups -OCH3 is 1. The average Bonchev–Trinajstić information content (AvgIpc) is 2.40. The standard InChI is InChI=1S/C14H17NO2/c1-16-12-6-8-13(9-7-12)17-14-5-3-2-4-11(14)10-15/h6-9,11,14H,2-5H2,1H3. The Bertz CT molecular complexity index is 394. The van der Waals surface area contributed by atoms with Crippen molar-refractivity contribution in [3.8, 4) is 17.6 Å². The Hall–Kier alpha value is -1.69. The highest BCUT2D eigenvalue weighted by atomic mass is 16.5. The van der Waals surface area contributed by atoms with E-state index in [1.54, 1.807) is 7.11 Å². The second kappa shape index (κ2) is 5.58. The van der Waals surface area contributed by atoms with Crippen LogP contribution in [0.3, 0.4) is 0 Å². The first-order valence-corrected chi connectivity index (χ1v) is 6.04. The van der Waals surface area contributed by atoms with E-state index in [1.807, 2.05) is 24.3 Å². The first kappa shape index (κ1) is 11.8. The van der Waals surface area contributed by atoms with Crippen molar-refractivity contribution in [1.29, 1.82) is 5.26 Å². The van der Waals surface area contributed by atoms with E-state index in [1.165, 1.54) is 0 Å². The third-order valence-corrected chi connectivity index (χ3v) is 3.22. The number of rotatable bonds is 3. The maximum atomic E-state index is 9.07. The summed E-state index contributed by atoms with van der Waals surface area (Å²) in [7, 11) is 1.64. The number of hydrogen-bond acceptors (Lipinski definition) is 3. The molecule has 2 rings (SSSR count). The van der Waals surface area contributed by atoms with Crippen LogP contribution >= 0.6 is 0 Å². The van der Waals surface area contributed by atoms with Crippen molar-refractivity contribution < 1.29 is 9.47 Å². The van der Waals surface area contributed by atoms with E-state index < -0.39 is 0 Å². The lowest BCUT2D eigenvalue weighted by Crippen LogP contribution is -2.29. The average molecular weight is 231 g/mol. The van der Waals surface area contributed by atoms with Crippen molar-refractivity contribution >= 4 is 0 Å². The fraction of sp³-hybridized carbons (Fsp3) is 0.500. The molecule has 0 heterocycles. The smallest absolute Gasteiger partial charge is 0.120 e. The zero-order valence-corrected chi connectivity index (χ0v) is 10.1. The Morgan fingerprint density at radius 3 is 2.41 bits per heavy atom. The van der Waals surface area contributed by atoms with Gasteiger partial charge in [-0.25, -0.2) is 0 Å². The topological polar surface area (TPSA) is 42.2 Å². The predicted octanol–water partition coefficient (Wildman–Crippen LogP) is 3.16. The van der Waals surface area contributed by atoms with Crippen LogP contribution in [0.1, 0.15) is 25.7 Å². The molecule has 1 aromatic rings. The Kier molecular flexibility index (Phi) is 3.87. The zero-order chi connectivity index (χ0) is 12.1. The van der Waals surface area contributed by atoms with Gasteiger partial charge in [-0.3, -0.25) is 0 Å². The van der Waals surface area contributed by atoms with Crippen LogP contribution in [-0.4, -0.2) is 13.2 Å². The van der Waals surface area contributed by atoms with Crippen LogP contribution in [0.5, 0.6) is 11.5 Å². The van der Waals surface area contributed by atoms with Gasteiger partial charge in [0.2, 0.25) is 0 Å². The SMILES string of the molecule is COc1ccc(OC2CCCCC2C#N)cc1. The van der Waals surface area contributed by atoms with Gasteiger partial charge >= 0.3 is 0 Å². The fourth-order valence-electron chi connectivity index (χ4n) is 2.21. The molecule has 90 valence electrons. The van der Waals surface area contributed by atoms with Gasteiger partial charge in [-0.15, -0.1) is 0 Å². The normalized spacial score (nSPS) is 23.8. The summed E-state index contributed by atoms with van der Waals surface area (Å²) in [6.07, 6.45) is 4.27. The number of hydrogen-bond donors (Lipinski definition) is 0. The maximum absolute atomic E-state index is 9.07. The van der Waals surface area contributed by atoms with E-state index in [9.17, 15) is 0 Å². The number of nitrogens with zero attached hydrogens (tertiary/aromatic N) is 1.